The normalized spacial score (nSPS) is 22.3. The number of hydrogen-bond acceptors (Lipinski definition) is 8. The maximum absolute atomic E-state index is 14.1. The minimum atomic E-state index is -0.935. The van der Waals surface area contributed by atoms with Crippen LogP contribution in [0.5, 0.6) is 11.5 Å². The van der Waals surface area contributed by atoms with Gasteiger partial charge in [-0.2, -0.15) is 0 Å². The zero-order chi connectivity index (χ0) is 30.7. The first kappa shape index (κ1) is 31.2. The number of amides is 1. The Morgan fingerprint density at radius 1 is 1.19 bits per heavy atom. The van der Waals surface area contributed by atoms with Crippen molar-refractivity contribution < 1.29 is 43.3 Å². The summed E-state index contributed by atoms with van der Waals surface area (Å²) in [5.41, 5.74) is 1.59. The molecule has 1 aromatic heterocycles. The Morgan fingerprint density at radius 3 is 2.63 bits per heavy atom. The molecule has 3 atom stereocenters. The molecule has 234 valence electrons. The number of fused-ring (bicyclic) bond motifs is 1. The van der Waals surface area contributed by atoms with E-state index in [0.29, 0.717) is 49.8 Å². The molecule has 5 rings (SSSR count). The Hall–Kier alpha value is -3.25. The van der Waals surface area contributed by atoms with Gasteiger partial charge in [0.25, 0.3) is 0 Å². The number of pyridine rings is 1. The van der Waals surface area contributed by atoms with Gasteiger partial charge < -0.3 is 34.1 Å². The number of aryl methyl sites for hydroxylation is 1. The molecule has 4 heterocycles. The van der Waals surface area contributed by atoms with Gasteiger partial charge in [-0.25, -0.2) is 4.57 Å². The van der Waals surface area contributed by atoms with E-state index in [4.69, 9.17) is 18.9 Å². The van der Waals surface area contributed by atoms with Gasteiger partial charge in [0, 0.05) is 42.1 Å². The summed E-state index contributed by atoms with van der Waals surface area (Å²) in [6.45, 7) is 7.89. The number of hydrogen-bond donors (Lipinski definition) is 2. The van der Waals surface area contributed by atoms with E-state index < -0.39 is 35.6 Å². The largest absolute Gasteiger partial charge is 0.481 e. The van der Waals surface area contributed by atoms with Gasteiger partial charge in [0.2, 0.25) is 12.7 Å². The summed E-state index contributed by atoms with van der Waals surface area (Å²) >= 11 is 0. The fraction of sp³-hybridized carbons (Fsp3) is 0.594. The lowest BCUT2D eigenvalue weighted by atomic mass is 9.77. The highest BCUT2D eigenvalue weighted by atomic mass is 16.7. The van der Waals surface area contributed by atoms with Crippen molar-refractivity contribution in [1.29, 1.82) is 0 Å². The molecule has 11 nitrogen and oxygen atoms in total. The number of unbranched alkanes of at least 4 members (excludes halogenated alkanes) is 1. The average molecular weight is 599 g/mol. The van der Waals surface area contributed by atoms with Gasteiger partial charge in [-0.05, 0) is 36.6 Å². The summed E-state index contributed by atoms with van der Waals surface area (Å²) in [5.74, 6) is -1.31. The molecule has 0 unspecified atom stereocenters. The van der Waals surface area contributed by atoms with Crippen LogP contribution in [-0.2, 0) is 32.7 Å². The SMILES string of the molecule is CCCCN(C(=O)CN1C[C@H](c2cc(CO)c3c(c2)OCO3)[C@@H](C(=O)O)[C@@H]1CC(C)(C)C1OCCO1)c1ccc[n+](C)c1. The fourth-order valence-corrected chi connectivity index (χ4v) is 6.67. The number of aliphatic carboxylic acids is 1. The third-order valence-corrected chi connectivity index (χ3v) is 8.81. The molecule has 0 aliphatic carbocycles. The number of aromatic nitrogens is 1. The molecule has 1 amide bonds. The Balaban J connectivity index is 1.50. The number of aliphatic hydroxyl groups is 1. The molecule has 0 radical (unpaired) electrons. The molecule has 2 saturated heterocycles. The topological polar surface area (TPSA) is 122 Å². The molecule has 0 bridgehead atoms. The number of likely N-dealkylation sites (tertiary alicyclic amines) is 1. The van der Waals surface area contributed by atoms with Crippen molar-refractivity contribution in [2.45, 2.75) is 64.9 Å². The molecular formula is C32H44N3O8+. The smallest absolute Gasteiger partial charge is 0.308 e. The van der Waals surface area contributed by atoms with Crippen LogP contribution in [0.3, 0.4) is 0 Å². The summed E-state index contributed by atoms with van der Waals surface area (Å²) in [4.78, 5) is 31.0. The van der Waals surface area contributed by atoms with E-state index in [1.54, 1.807) is 0 Å². The Morgan fingerprint density at radius 2 is 1.95 bits per heavy atom. The molecule has 0 saturated carbocycles. The summed E-state index contributed by atoms with van der Waals surface area (Å²) in [5, 5.41) is 20.7. The molecular weight excluding hydrogens is 554 g/mol. The first-order valence-corrected chi connectivity index (χ1v) is 15.1. The van der Waals surface area contributed by atoms with Crippen LogP contribution in [0.2, 0.25) is 0 Å². The van der Waals surface area contributed by atoms with E-state index in [9.17, 15) is 19.8 Å². The minimum absolute atomic E-state index is 0.0441. The van der Waals surface area contributed by atoms with Crippen molar-refractivity contribution in [3.63, 3.8) is 0 Å². The highest BCUT2D eigenvalue weighted by molar-refractivity contribution is 5.94. The lowest BCUT2D eigenvalue weighted by Gasteiger charge is -2.37. The number of ether oxygens (including phenoxy) is 4. The lowest BCUT2D eigenvalue weighted by Crippen LogP contribution is -2.47. The predicted octanol–water partition coefficient (Wildman–Crippen LogP) is 2.82. The fourth-order valence-electron chi connectivity index (χ4n) is 6.67. The summed E-state index contributed by atoms with van der Waals surface area (Å²) in [6.07, 6.45) is 5.62. The second-order valence-electron chi connectivity index (χ2n) is 12.4. The molecule has 2 aromatic rings. The van der Waals surface area contributed by atoms with Crippen molar-refractivity contribution in [1.82, 2.24) is 4.90 Å². The number of carbonyl (C=O) groups is 2. The van der Waals surface area contributed by atoms with Crippen LogP contribution in [0.1, 0.15) is 57.1 Å². The average Bonchev–Trinajstić information content (AvgIpc) is 3.74. The third-order valence-electron chi connectivity index (χ3n) is 8.81. The van der Waals surface area contributed by atoms with Crippen LogP contribution in [0.15, 0.2) is 36.7 Å². The van der Waals surface area contributed by atoms with Gasteiger partial charge in [0.1, 0.15) is 12.7 Å². The van der Waals surface area contributed by atoms with E-state index >= 15 is 0 Å². The highest BCUT2D eigenvalue weighted by Crippen LogP contribution is 2.47. The molecule has 2 fully saturated rings. The lowest BCUT2D eigenvalue weighted by molar-refractivity contribution is -0.670. The van der Waals surface area contributed by atoms with Crippen molar-refractivity contribution in [3.8, 4) is 11.5 Å². The Kier molecular flexibility index (Phi) is 9.55. The van der Waals surface area contributed by atoms with E-state index in [1.807, 2.05) is 71.9 Å². The molecule has 11 heteroatoms. The number of carboxylic acid groups (broad SMARTS) is 1. The van der Waals surface area contributed by atoms with Crippen LogP contribution < -0.4 is 18.9 Å². The van der Waals surface area contributed by atoms with Gasteiger partial charge in [0.15, 0.2) is 30.2 Å². The first-order chi connectivity index (χ1) is 20.6. The quantitative estimate of drug-likeness (QED) is 0.355. The highest BCUT2D eigenvalue weighted by Gasteiger charge is 2.51. The van der Waals surface area contributed by atoms with E-state index in [0.717, 1.165) is 24.1 Å². The van der Waals surface area contributed by atoms with Crippen LogP contribution in [0, 0.1) is 11.3 Å². The third kappa shape index (κ3) is 6.64. The van der Waals surface area contributed by atoms with Gasteiger partial charge in [-0.1, -0.05) is 27.2 Å². The van der Waals surface area contributed by atoms with E-state index in [-0.39, 0.29) is 25.9 Å². The van der Waals surface area contributed by atoms with Crippen LogP contribution in [0.4, 0.5) is 5.69 Å². The number of anilines is 1. The monoisotopic (exact) mass is 598 g/mol. The molecule has 3 aliphatic heterocycles. The van der Waals surface area contributed by atoms with Gasteiger partial charge in [-0.15, -0.1) is 0 Å². The second-order valence-corrected chi connectivity index (χ2v) is 12.4. The molecule has 1 aromatic carbocycles. The Labute approximate surface area is 252 Å². The molecule has 2 N–H and O–H groups in total. The van der Waals surface area contributed by atoms with E-state index in [1.165, 1.54) is 0 Å². The minimum Gasteiger partial charge on any atom is -0.481 e. The van der Waals surface area contributed by atoms with Crippen molar-refractivity contribution >= 4 is 17.6 Å². The molecule has 43 heavy (non-hydrogen) atoms. The van der Waals surface area contributed by atoms with Crippen LogP contribution in [0.25, 0.3) is 0 Å². The summed E-state index contributed by atoms with van der Waals surface area (Å²) < 4.78 is 24.8. The predicted molar refractivity (Wildman–Crippen MR) is 157 cm³/mol. The van der Waals surface area contributed by atoms with E-state index in [2.05, 4.69) is 6.92 Å². The standard InChI is InChI=1S/C32H43N3O8/c1-5-6-10-35(23-8-7-9-33(4)16-23)27(37)18-34-17-24(21-13-22(19-36)29-26(14-21)42-20-43-29)28(30(38)39)25(34)15-32(2,3)31-40-11-12-41-31/h7-9,13-14,16,24-25,28,31,36H,5-6,10-12,15,17-20H2,1-4H3/p+1/t24-,25+,28-/m1/s1. The number of benzene rings is 1. The van der Waals surface area contributed by atoms with Gasteiger partial charge >= 0.3 is 5.97 Å². The van der Waals surface area contributed by atoms with Crippen molar-refractivity contribution in [2.24, 2.45) is 18.4 Å². The van der Waals surface area contributed by atoms with Crippen LogP contribution >= 0.6 is 0 Å². The Bertz CT molecular complexity index is 1310. The number of carbonyl (C=O) groups excluding carboxylic acids is 1. The summed E-state index contributed by atoms with van der Waals surface area (Å²) in [7, 11) is 1.92. The van der Waals surface area contributed by atoms with Gasteiger partial charge in [0.05, 0.1) is 32.3 Å². The summed E-state index contributed by atoms with van der Waals surface area (Å²) in [6, 6.07) is 6.99. The maximum atomic E-state index is 14.1. The van der Waals surface area contributed by atoms with Crippen LogP contribution in [-0.4, -0.2) is 79.0 Å². The van der Waals surface area contributed by atoms with Gasteiger partial charge in [-0.3, -0.25) is 14.5 Å². The van der Waals surface area contributed by atoms with Crippen molar-refractivity contribution in [3.05, 3.63) is 47.8 Å². The zero-order valence-electron chi connectivity index (χ0n) is 25.5. The number of nitrogens with zero attached hydrogens (tertiary/aromatic N) is 3. The zero-order valence-corrected chi connectivity index (χ0v) is 25.5. The molecule has 3 aliphatic rings. The maximum Gasteiger partial charge on any atom is 0.308 e. The number of aliphatic hydroxyl groups excluding tert-OH is 1. The first-order valence-electron chi connectivity index (χ1n) is 15.1. The second kappa shape index (κ2) is 13.2. The number of carboxylic acids is 1. The number of rotatable bonds is 12. The molecule has 0 spiro atoms. The van der Waals surface area contributed by atoms with Crippen molar-refractivity contribution in [2.75, 3.05) is 44.5 Å².